The topological polar surface area (TPSA) is 83.6 Å². The molecule has 0 aliphatic heterocycles. The van der Waals surface area contributed by atoms with Gasteiger partial charge in [-0.1, -0.05) is 11.6 Å². The van der Waals surface area contributed by atoms with E-state index in [9.17, 15) is 8.42 Å². The molecule has 0 bridgehead atoms. The molecular formula is C12H19ClN2O3S. The molecule has 0 saturated heterocycles. The summed E-state index contributed by atoms with van der Waals surface area (Å²) in [6, 6.07) is 4.14. The minimum absolute atomic E-state index is 0.00615. The predicted octanol–water partition coefficient (Wildman–Crippen LogP) is 1.70. The van der Waals surface area contributed by atoms with Gasteiger partial charge in [-0.2, -0.15) is 4.31 Å². The number of nitrogens with zero attached hydrogens (tertiary/aromatic N) is 1. The molecule has 0 amide bonds. The van der Waals surface area contributed by atoms with Gasteiger partial charge in [0, 0.05) is 24.2 Å². The highest BCUT2D eigenvalue weighted by Gasteiger charge is 2.28. The molecule has 0 radical (unpaired) electrons. The van der Waals surface area contributed by atoms with Crippen LogP contribution in [0.15, 0.2) is 23.1 Å². The van der Waals surface area contributed by atoms with Gasteiger partial charge in [0.15, 0.2) is 0 Å². The van der Waals surface area contributed by atoms with E-state index in [1.807, 2.05) is 0 Å². The monoisotopic (exact) mass is 306 g/mol. The standard InChI is InChI=1S/C12H19ClN2O3S/c1-9(2)15(6-3-7-16)19(17,18)12-8-10(13)4-5-11(12)14/h4-5,8-9,16H,3,6-7,14H2,1-2H3. The SMILES string of the molecule is CC(C)N(CCCO)S(=O)(=O)c1cc(Cl)ccc1N. The Labute approximate surface area is 119 Å². The number of aliphatic hydroxyl groups is 1. The number of hydrogen-bond donors (Lipinski definition) is 2. The number of rotatable bonds is 6. The van der Waals surface area contributed by atoms with Gasteiger partial charge in [0.05, 0.1) is 5.69 Å². The summed E-state index contributed by atoms with van der Waals surface area (Å²) >= 11 is 5.83. The highest BCUT2D eigenvalue weighted by molar-refractivity contribution is 7.89. The van der Waals surface area contributed by atoms with Crippen molar-refractivity contribution in [3.05, 3.63) is 23.2 Å². The third-order valence-corrected chi connectivity index (χ3v) is 5.04. The molecule has 108 valence electrons. The van der Waals surface area contributed by atoms with Crippen LogP contribution < -0.4 is 5.73 Å². The molecule has 0 unspecified atom stereocenters. The molecule has 0 atom stereocenters. The van der Waals surface area contributed by atoms with Crippen molar-refractivity contribution >= 4 is 27.3 Å². The molecule has 0 aliphatic rings. The maximum absolute atomic E-state index is 12.6. The zero-order chi connectivity index (χ0) is 14.6. The number of nitrogens with two attached hydrogens (primary N) is 1. The van der Waals surface area contributed by atoms with E-state index >= 15 is 0 Å². The predicted molar refractivity (Wildman–Crippen MR) is 76.6 cm³/mol. The third-order valence-electron chi connectivity index (χ3n) is 2.67. The van der Waals surface area contributed by atoms with Crippen LogP contribution in [-0.4, -0.2) is 37.0 Å². The van der Waals surface area contributed by atoms with Crippen molar-refractivity contribution in [1.29, 1.82) is 0 Å². The van der Waals surface area contributed by atoms with E-state index in [0.29, 0.717) is 11.4 Å². The third kappa shape index (κ3) is 3.82. The van der Waals surface area contributed by atoms with E-state index < -0.39 is 10.0 Å². The zero-order valence-corrected chi connectivity index (χ0v) is 12.6. The van der Waals surface area contributed by atoms with Gasteiger partial charge in [0.25, 0.3) is 0 Å². The largest absolute Gasteiger partial charge is 0.398 e. The summed E-state index contributed by atoms with van der Waals surface area (Å²) in [5, 5.41) is 9.18. The quantitative estimate of drug-likeness (QED) is 0.784. The van der Waals surface area contributed by atoms with Crippen LogP contribution in [0.5, 0.6) is 0 Å². The summed E-state index contributed by atoms with van der Waals surface area (Å²) in [7, 11) is -3.71. The van der Waals surface area contributed by atoms with Crippen molar-refractivity contribution in [1.82, 2.24) is 4.31 Å². The first-order chi connectivity index (χ1) is 8.80. The Morgan fingerprint density at radius 3 is 2.58 bits per heavy atom. The van der Waals surface area contributed by atoms with Crippen LogP contribution in [0.3, 0.4) is 0 Å². The highest BCUT2D eigenvalue weighted by Crippen LogP contribution is 2.27. The van der Waals surface area contributed by atoms with Crippen LogP contribution in [0.25, 0.3) is 0 Å². The number of nitrogen functional groups attached to an aromatic ring is 1. The van der Waals surface area contributed by atoms with Gasteiger partial charge in [-0.3, -0.25) is 0 Å². The van der Waals surface area contributed by atoms with Gasteiger partial charge in [-0.05, 0) is 38.5 Å². The molecule has 7 heteroatoms. The Morgan fingerprint density at radius 2 is 2.05 bits per heavy atom. The van der Waals surface area contributed by atoms with Crippen molar-refractivity contribution in [2.45, 2.75) is 31.2 Å². The zero-order valence-electron chi connectivity index (χ0n) is 11.0. The van der Waals surface area contributed by atoms with Crippen LogP contribution in [0.1, 0.15) is 20.3 Å². The van der Waals surface area contributed by atoms with Crippen molar-refractivity contribution in [3.63, 3.8) is 0 Å². The summed E-state index contributed by atoms with van der Waals surface area (Å²) in [6.07, 6.45) is 0.373. The molecule has 0 saturated carbocycles. The molecule has 1 rings (SSSR count). The van der Waals surface area contributed by atoms with E-state index in [-0.39, 0.29) is 29.8 Å². The number of halogens is 1. The van der Waals surface area contributed by atoms with E-state index in [2.05, 4.69) is 0 Å². The smallest absolute Gasteiger partial charge is 0.245 e. The highest BCUT2D eigenvalue weighted by atomic mass is 35.5. The van der Waals surface area contributed by atoms with Crippen LogP contribution in [0.4, 0.5) is 5.69 Å². The lowest BCUT2D eigenvalue weighted by atomic mass is 10.3. The second kappa shape index (κ2) is 6.56. The summed E-state index contributed by atoms with van der Waals surface area (Å²) in [4.78, 5) is 0.00615. The normalized spacial score (nSPS) is 12.3. The van der Waals surface area contributed by atoms with E-state index in [0.717, 1.165) is 0 Å². The molecule has 5 nitrogen and oxygen atoms in total. The molecule has 1 aromatic carbocycles. The van der Waals surface area contributed by atoms with E-state index in [1.54, 1.807) is 19.9 Å². The first-order valence-corrected chi connectivity index (χ1v) is 7.80. The van der Waals surface area contributed by atoms with Gasteiger partial charge in [0.1, 0.15) is 4.90 Å². The summed E-state index contributed by atoms with van der Waals surface area (Å²) in [6.45, 7) is 3.72. The van der Waals surface area contributed by atoms with Gasteiger partial charge >= 0.3 is 0 Å². The number of anilines is 1. The van der Waals surface area contributed by atoms with Crippen LogP contribution >= 0.6 is 11.6 Å². The van der Waals surface area contributed by atoms with Crippen molar-refractivity contribution in [2.24, 2.45) is 0 Å². The Balaban J connectivity index is 3.22. The second-order valence-electron chi connectivity index (χ2n) is 4.47. The van der Waals surface area contributed by atoms with E-state index in [4.69, 9.17) is 22.4 Å². The Hall–Kier alpha value is -0.820. The lowest BCUT2D eigenvalue weighted by Crippen LogP contribution is -2.38. The van der Waals surface area contributed by atoms with Crippen molar-refractivity contribution < 1.29 is 13.5 Å². The maximum Gasteiger partial charge on any atom is 0.245 e. The fourth-order valence-corrected chi connectivity index (χ4v) is 3.80. The van der Waals surface area contributed by atoms with Crippen LogP contribution in [0, 0.1) is 0 Å². The van der Waals surface area contributed by atoms with Gasteiger partial charge in [0.2, 0.25) is 10.0 Å². The number of benzene rings is 1. The summed E-state index contributed by atoms with van der Waals surface area (Å²) in [5.41, 5.74) is 5.89. The lowest BCUT2D eigenvalue weighted by Gasteiger charge is -2.26. The van der Waals surface area contributed by atoms with Crippen molar-refractivity contribution in [3.8, 4) is 0 Å². The molecule has 0 aliphatic carbocycles. The Bertz CT molecular complexity index is 532. The second-order valence-corrected chi connectivity index (χ2v) is 6.76. The molecule has 0 aromatic heterocycles. The van der Waals surface area contributed by atoms with Gasteiger partial charge in [-0.15, -0.1) is 0 Å². The Kier molecular flexibility index (Phi) is 5.61. The van der Waals surface area contributed by atoms with Crippen LogP contribution in [0.2, 0.25) is 5.02 Å². The number of hydrogen-bond acceptors (Lipinski definition) is 4. The Morgan fingerprint density at radius 1 is 1.42 bits per heavy atom. The number of aliphatic hydroxyl groups excluding tert-OH is 1. The van der Waals surface area contributed by atoms with Gasteiger partial charge in [-0.25, -0.2) is 8.42 Å². The molecule has 0 fully saturated rings. The number of sulfonamides is 1. The summed E-state index contributed by atoms with van der Waals surface area (Å²) < 4.78 is 26.4. The molecule has 0 spiro atoms. The first-order valence-electron chi connectivity index (χ1n) is 5.98. The minimum atomic E-state index is -3.71. The minimum Gasteiger partial charge on any atom is -0.398 e. The average molecular weight is 307 g/mol. The maximum atomic E-state index is 12.6. The van der Waals surface area contributed by atoms with E-state index in [1.165, 1.54) is 16.4 Å². The fourth-order valence-electron chi connectivity index (χ4n) is 1.74. The molecule has 1 aromatic rings. The lowest BCUT2D eigenvalue weighted by molar-refractivity contribution is 0.258. The molecular weight excluding hydrogens is 288 g/mol. The first kappa shape index (κ1) is 16.2. The van der Waals surface area contributed by atoms with Gasteiger partial charge < -0.3 is 10.8 Å². The van der Waals surface area contributed by atoms with Crippen LogP contribution in [-0.2, 0) is 10.0 Å². The van der Waals surface area contributed by atoms with Crippen molar-refractivity contribution in [2.75, 3.05) is 18.9 Å². The molecule has 3 N–H and O–H groups in total. The fraction of sp³-hybridized carbons (Fsp3) is 0.500. The molecule has 0 heterocycles. The summed E-state index contributed by atoms with van der Waals surface area (Å²) in [5.74, 6) is 0. The molecule has 19 heavy (non-hydrogen) atoms. The average Bonchev–Trinajstić information content (AvgIpc) is 2.32.